The summed E-state index contributed by atoms with van der Waals surface area (Å²) in [6, 6.07) is 4.70. The summed E-state index contributed by atoms with van der Waals surface area (Å²) >= 11 is 8.06. The second-order valence-corrected chi connectivity index (χ2v) is 5.91. The summed E-state index contributed by atoms with van der Waals surface area (Å²) in [4.78, 5) is 10.4. The molecule has 0 N–H and O–H groups in total. The van der Waals surface area contributed by atoms with E-state index in [1.165, 1.54) is 6.07 Å². The normalized spacial score (nSPS) is 23.0. The van der Waals surface area contributed by atoms with E-state index >= 15 is 0 Å². The summed E-state index contributed by atoms with van der Waals surface area (Å²) < 4.78 is 5.25. The SMILES string of the molecule is COc1ccc([N+](=O)[O-])cc1CC1CSCC1Cl. The topological polar surface area (TPSA) is 52.4 Å². The number of benzene rings is 1. The molecule has 0 amide bonds. The number of halogens is 1. The Morgan fingerprint density at radius 1 is 1.56 bits per heavy atom. The minimum atomic E-state index is -0.384. The van der Waals surface area contributed by atoms with Crippen LogP contribution in [-0.4, -0.2) is 28.9 Å². The largest absolute Gasteiger partial charge is 0.496 e. The number of non-ortho nitro benzene ring substituents is 1. The van der Waals surface area contributed by atoms with Gasteiger partial charge in [0.1, 0.15) is 5.75 Å². The van der Waals surface area contributed by atoms with Crippen molar-refractivity contribution in [3.63, 3.8) is 0 Å². The number of nitro benzene ring substituents is 1. The minimum absolute atomic E-state index is 0.0996. The molecule has 98 valence electrons. The van der Waals surface area contributed by atoms with E-state index in [0.29, 0.717) is 11.7 Å². The summed E-state index contributed by atoms with van der Waals surface area (Å²) in [5.41, 5.74) is 0.965. The molecule has 1 fully saturated rings. The van der Waals surface area contributed by atoms with Gasteiger partial charge in [0.2, 0.25) is 0 Å². The van der Waals surface area contributed by atoms with Crippen molar-refractivity contribution in [2.45, 2.75) is 11.8 Å². The predicted molar refractivity (Wildman–Crippen MR) is 73.8 cm³/mol. The highest BCUT2D eigenvalue weighted by Crippen LogP contribution is 2.34. The van der Waals surface area contributed by atoms with Crippen LogP contribution in [0.5, 0.6) is 5.75 Å². The van der Waals surface area contributed by atoms with E-state index in [4.69, 9.17) is 16.3 Å². The Kier molecular flexibility index (Phi) is 4.35. The molecule has 2 rings (SSSR count). The van der Waals surface area contributed by atoms with Crippen molar-refractivity contribution in [1.29, 1.82) is 0 Å². The lowest BCUT2D eigenvalue weighted by atomic mass is 9.97. The van der Waals surface area contributed by atoms with Gasteiger partial charge in [0.05, 0.1) is 12.0 Å². The Balaban J connectivity index is 2.23. The zero-order chi connectivity index (χ0) is 13.1. The molecule has 1 heterocycles. The highest BCUT2D eigenvalue weighted by atomic mass is 35.5. The Morgan fingerprint density at radius 3 is 2.89 bits per heavy atom. The summed E-state index contributed by atoms with van der Waals surface area (Å²) in [5.74, 6) is 3.00. The van der Waals surface area contributed by atoms with Gasteiger partial charge >= 0.3 is 0 Å². The molecular weight excluding hydrogens is 274 g/mol. The molecule has 6 heteroatoms. The maximum Gasteiger partial charge on any atom is 0.269 e. The maximum absolute atomic E-state index is 10.8. The molecule has 1 saturated heterocycles. The van der Waals surface area contributed by atoms with Crippen LogP contribution in [0.4, 0.5) is 5.69 Å². The first kappa shape index (κ1) is 13.5. The maximum atomic E-state index is 10.8. The van der Waals surface area contributed by atoms with Crippen molar-refractivity contribution in [3.8, 4) is 5.75 Å². The molecular formula is C12H14ClNO3S. The van der Waals surface area contributed by atoms with Crippen LogP contribution in [0.15, 0.2) is 18.2 Å². The highest BCUT2D eigenvalue weighted by molar-refractivity contribution is 7.99. The average molecular weight is 288 g/mol. The van der Waals surface area contributed by atoms with Gasteiger partial charge in [0.15, 0.2) is 0 Å². The highest BCUT2D eigenvalue weighted by Gasteiger charge is 2.27. The average Bonchev–Trinajstić information content (AvgIpc) is 2.75. The molecule has 1 aromatic carbocycles. The number of alkyl halides is 1. The smallest absolute Gasteiger partial charge is 0.269 e. The fourth-order valence-electron chi connectivity index (χ4n) is 2.08. The van der Waals surface area contributed by atoms with Crippen molar-refractivity contribution in [3.05, 3.63) is 33.9 Å². The molecule has 0 radical (unpaired) electrons. The number of ether oxygens (including phenoxy) is 1. The van der Waals surface area contributed by atoms with Crippen LogP contribution in [0.1, 0.15) is 5.56 Å². The molecule has 1 aliphatic rings. The Hall–Kier alpha value is -0.940. The van der Waals surface area contributed by atoms with Crippen LogP contribution < -0.4 is 4.74 Å². The number of methoxy groups -OCH3 is 1. The quantitative estimate of drug-likeness (QED) is 0.485. The summed E-state index contributed by atoms with van der Waals surface area (Å²) in [5, 5.41) is 10.9. The van der Waals surface area contributed by atoms with Gasteiger partial charge in [-0.3, -0.25) is 10.1 Å². The third kappa shape index (κ3) is 2.90. The van der Waals surface area contributed by atoms with Crippen molar-refractivity contribution >= 4 is 29.1 Å². The monoisotopic (exact) mass is 287 g/mol. The van der Waals surface area contributed by atoms with Crippen molar-refractivity contribution < 1.29 is 9.66 Å². The van der Waals surface area contributed by atoms with Gasteiger partial charge in [-0.25, -0.2) is 0 Å². The van der Waals surface area contributed by atoms with Crippen LogP contribution in [0.3, 0.4) is 0 Å². The zero-order valence-electron chi connectivity index (χ0n) is 9.97. The number of hydrogen-bond acceptors (Lipinski definition) is 4. The van der Waals surface area contributed by atoms with Gasteiger partial charge in [-0.05, 0) is 24.2 Å². The predicted octanol–water partition coefficient (Wildman–Crippen LogP) is 3.12. The number of nitro groups is 1. The van der Waals surface area contributed by atoms with Gasteiger partial charge in [0.25, 0.3) is 5.69 Å². The fourth-order valence-corrected chi connectivity index (χ4v) is 3.92. The van der Waals surface area contributed by atoms with Gasteiger partial charge in [-0.1, -0.05) is 0 Å². The van der Waals surface area contributed by atoms with Gasteiger partial charge in [0, 0.05) is 28.8 Å². The van der Waals surface area contributed by atoms with Crippen LogP contribution in [0, 0.1) is 16.0 Å². The minimum Gasteiger partial charge on any atom is -0.496 e. The van der Waals surface area contributed by atoms with Crippen LogP contribution >= 0.6 is 23.4 Å². The molecule has 0 spiro atoms. The molecule has 0 aromatic heterocycles. The molecule has 1 aliphatic heterocycles. The van der Waals surface area contributed by atoms with Crippen LogP contribution in [0.25, 0.3) is 0 Å². The summed E-state index contributed by atoms with van der Waals surface area (Å²) in [6.45, 7) is 0. The van der Waals surface area contributed by atoms with Crippen molar-refractivity contribution in [1.82, 2.24) is 0 Å². The first-order valence-corrected chi connectivity index (χ1v) is 7.24. The second kappa shape index (κ2) is 5.80. The molecule has 0 aliphatic carbocycles. The van der Waals surface area contributed by atoms with Crippen LogP contribution in [0.2, 0.25) is 0 Å². The lowest BCUT2D eigenvalue weighted by Crippen LogP contribution is -2.15. The first-order chi connectivity index (χ1) is 8.61. The molecule has 0 bridgehead atoms. The molecule has 4 nitrogen and oxygen atoms in total. The Morgan fingerprint density at radius 2 is 2.33 bits per heavy atom. The standard InChI is InChI=1S/C12H14ClNO3S/c1-17-12-3-2-10(14(15)16)5-8(12)4-9-6-18-7-11(9)13/h2-3,5,9,11H,4,6-7H2,1H3. The number of rotatable bonds is 4. The molecule has 2 unspecified atom stereocenters. The summed E-state index contributed by atoms with van der Waals surface area (Å²) in [6.07, 6.45) is 0.728. The molecule has 0 saturated carbocycles. The van der Waals surface area contributed by atoms with Gasteiger partial charge in [-0.2, -0.15) is 11.8 Å². The van der Waals surface area contributed by atoms with Crippen LogP contribution in [-0.2, 0) is 6.42 Å². The zero-order valence-corrected chi connectivity index (χ0v) is 11.5. The van der Waals surface area contributed by atoms with E-state index in [1.54, 1.807) is 19.2 Å². The van der Waals surface area contributed by atoms with Crippen molar-refractivity contribution in [2.75, 3.05) is 18.6 Å². The van der Waals surface area contributed by atoms with E-state index < -0.39 is 0 Å². The Labute approximate surface area is 115 Å². The van der Waals surface area contributed by atoms with E-state index in [-0.39, 0.29) is 16.0 Å². The van der Waals surface area contributed by atoms with E-state index in [9.17, 15) is 10.1 Å². The number of nitrogens with zero attached hydrogens (tertiary/aromatic N) is 1. The lowest BCUT2D eigenvalue weighted by Gasteiger charge is -2.15. The number of thioether (sulfide) groups is 1. The van der Waals surface area contributed by atoms with E-state index in [0.717, 1.165) is 23.5 Å². The lowest BCUT2D eigenvalue weighted by molar-refractivity contribution is -0.384. The van der Waals surface area contributed by atoms with Gasteiger partial charge in [-0.15, -0.1) is 11.6 Å². The molecule has 1 aromatic rings. The van der Waals surface area contributed by atoms with E-state index in [1.807, 2.05) is 11.8 Å². The second-order valence-electron chi connectivity index (χ2n) is 4.27. The van der Waals surface area contributed by atoms with Crippen molar-refractivity contribution in [2.24, 2.45) is 5.92 Å². The Bertz CT molecular complexity index is 455. The van der Waals surface area contributed by atoms with E-state index in [2.05, 4.69) is 0 Å². The first-order valence-electron chi connectivity index (χ1n) is 5.65. The fraction of sp³-hybridized carbons (Fsp3) is 0.500. The molecule has 2 atom stereocenters. The van der Waals surface area contributed by atoms with Gasteiger partial charge < -0.3 is 4.74 Å². The number of hydrogen-bond donors (Lipinski definition) is 0. The third-order valence-corrected chi connectivity index (χ3v) is 5.03. The third-order valence-electron chi connectivity index (χ3n) is 3.08. The molecule has 18 heavy (non-hydrogen) atoms. The summed E-state index contributed by atoms with van der Waals surface area (Å²) in [7, 11) is 1.58.